The third-order valence-corrected chi connectivity index (χ3v) is 6.56. The molecule has 1 N–H and O–H groups in total. The fourth-order valence-electron chi connectivity index (χ4n) is 3.02. The van der Waals surface area contributed by atoms with Gasteiger partial charge in [0.05, 0.1) is 15.5 Å². The number of carbonyl (C=O) groups is 1. The molecule has 0 aliphatic heterocycles. The maximum absolute atomic E-state index is 13.3. The van der Waals surface area contributed by atoms with Gasteiger partial charge in [-0.25, -0.2) is 18.1 Å². The van der Waals surface area contributed by atoms with Crippen molar-refractivity contribution >= 4 is 33.0 Å². The van der Waals surface area contributed by atoms with E-state index in [9.17, 15) is 23.3 Å². The fraction of sp³-hybridized carbons (Fsp3) is 0.130. The molecule has 0 saturated carbocycles. The zero-order chi connectivity index (χ0) is 24.0. The normalized spacial score (nSPS) is 11.6. The number of hydrogen-bond acceptors (Lipinski definition) is 6. The first-order chi connectivity index (χ1) is 15.7. The van der Waals surface area contributed by atoms with Crippen molar-refractivity contribution in [2.75, 3.05) is 10.8 Å². The zero-order valence-electron chi connectivity index (χ0n) is 18.0. The minimum absolute atomic E-state index is 0.102. The summed E-state index contributed by atoms with van der Waals surface area (Å²) >= 11 is 0. The molecule has 0 fully saturated rings. The lowest BCUT2D eigenvalue weighted by Gasteiger charge is -2.23. The Morgan fingerprint density at radius 3 is 2.24 bits per heavy atom. The van der Waals surface area contributed by atoms with Gasteiger partial charge in [0.15, 0.2) is 0 Å². The number of rotatable bonds is 8. The van der Waals surface area contributed by atoms with Crippen LogP contribution in [0.1, 0.15) is 18.1 Å². The second-order valence-electron chi connectivity index (χ2n) is 7.17. The SMILES string of the molecule is C/C(=N/NC(=O)CN(c1ccccc1[N+](=O)[O-])S(=O)(=O)c1ccccc1)c1ccc(C)cc1. The summed E-state index contributed by atoms with van der Waals surface area (Å²) in [5.74, 6) is -0.751. The zero-order valence-corrected chi connectivity index (χ0v) is 18.8. The van der Waals surface area contributed by atoms with E-state index in [0.29, 0.717) is 10.0 Å². The average molecular weight is 467 g/mol. The van der Waals surface area contributed by atoms with Crippen LogP contribution in [0.3, 0.4) is 0 Å². The minimum atomic E-state index is -4.28. The van der Waals surface area contributed by atoms with Crippen LogP contribution in [0.15, 0.2) is 88.9 Å². The number of carbonyl (C=O) groups excluding carboxylic acids is 1. The van der Waals surface area contributed by atoms with Crippen LogP contribution in [0.2, 0.25) is 0 Å². The number of nitro benzene ring substituents is 1. The lowest BCUT2D eigenvalue weighted by Crippen LogP contribution is -2.40. The van der Waals surface area contributed by atoms with Crippen molar-refractivity contribution in [2.45, 2.75) is 18.7 Å². The van der Waals surface area contributed by atoms with E-state index >= 15 is 0 Å². The molecule has 0 aromatic heterocycles. The Balaban J connectivity index is 1.94. The summed E-state index contributed by atoms with van der Waals surface area (Å²) in [4.78, 5) is 23.4. The Bertz CT molecular complexity index is 1290. The quantitative estimate of drug-likeness (QED) is 0.309. The second kappa shape index (κ2) is 10.0. The molecule has 33 heavy (non-hydrogen) atoms. The number of anilines is 1. The molecule has 0 unspecified atom stereocenters. The molecular weight excluding hydrogens is 444 g/mol. The van der Waals surface area contributed by atoms with Gasteiger partial charge in [-0.15, -0.1) is 0 Å². The fourth-order valence-corrected chi connectivity index (χ4v) is 4.48. The molecule has 3 aromatic rings. The van der Waals surface area contributed by atoms with E-state index in [1.807, 2.05) is 31.2 Å². The van der Waals surface area contributed by atoms with Crippen LogP contribution in [0.25, 0.3) is 0 Å². The topological polar surface area (TPSA) is 122 Å². The summed E-state index contributed by atoms with van der Waals surface area (Å²) in [6.07, 6.45) is 0. The molecule has 0 radical (unpaired) electrons. The highest BCUT2D eigenvalue weighted by Crippen LogP contribution is 2.31. The average Bonchev–Trinajstić information content (AvgIpc) is 2.82. The van der Waals surface area contributed by atoms with Crippen molar-refractivity contribution in [1.82, 2.24) is 5.43 Å². The van der Waals surface area contributed by atoms with Gasteiger partial charge in [-0.1, -0.05) is 60.2 Å². The highest BCUT2D eigenvalue weighted by Gasteiger charge is 2.31. The molecule has 0 saturated heterocycles. The standard InChI is InChI=1S/C23H22N4O5S/c1-17-12-14-19(15-13-17)18(2)24-25-23(28)16-26(21-10-6-7-11-22(21)27(29)30)33(31,32)20-8-4-3-5-9-20/h3-15H,16H2,1-2H3,(H,25,28)/b24-18-. The van der Waals surface area contributed by atoms with Crippen LogP contribution >= 0.6 is 0 Å². The largest absolute Gasteiger partial charge is 0.293 e. The summed E-state index contributed by atoms with van der Waals surface area (Å²) in [5.41, 5.74) is 4.06. The Kier molecular flexibility index (Phi) is 7.19. The molecule has 9 nitrogen and oxygen atoms in total. The first-order valence-electron chi connectivity index (χ1n) is 9.91. The van der Waals surface area contributed by atoms with Gasteiger partial charge >= 0.3 is 0 Å². The number of hydrazone groups is 1. The Morgan fingerprint density at radius 1 is 1.00 bits per heavy atom. The first kappa shape index (κ1) is 23.6. The predicted octanol–water partition coefficient (Wildman–Crippen LogP) is 3.64. The molecular formula is C23H22N4O5S. The number of nitrogens with one attached hydrogen (secondary N) is 1. The van der Waals surface area contributed by atoms with Crippen LogP contribution in [0.4, 0.5) is 11.4 Å². The van der Waals surface area contributed by atoms with E-state index in [4.69, 9.17) is 0 Å². The van der Waals surface area contributed by atoms with Gasteiger partial charge in [-0.05, 0) is 37.6 Å². The van der Waals surface area contributed by atoms with Gasteiger partial charge in [0, 0.05) is 6.07 Å². The Morgan fingerprint density at radius 2 is 1.61 bits per heavy atom. The highest BCUT2D eigenvalue weighted by atomic mass is 32.2. The number of para-hydroxylation sites is 2. The van der Waals surface area contributed by atoms with Crippen LogP contribution < -0.4 is 9.73 Å². The predicted molar refractivity (Wildman–Crippen MR) is 126 cm³/mol. The summed E-state index contributed by atoms with van der Waals surface area (Å²) in [5, 5.41) is 15.6. The van der Waals surface area contributed by atoms with Crippen molar-refractivity contribution in [3.05, 3.63) is 100 Å². The maximum atomic E-state index is 13.3. The van der Waals surface area contributed by atoms with Gasteiger partial charge in [-0.3, -0.25) is 14.9 Å². The first-order valence-corrected chi connectivity index (χ1v) is 11.4. The van der Waals surface area contributed by atoms with Crippen LogP contribution in [-0.2, 0) is 14.8 Å². The smallest absolute Gasteiger partial charge is 0.271 e. The van der Waals surface area contributed by atoms with Crippen molar-refractivity contribution in [1.29, 1.82) is 0 Å². The van der Waals surface area contributed by atoms with E-state index in [1.54, 1.807) is 13.0 Å². The second-order valence-corrected chi connectivity index (χ2v) is 9.03. The molecule has 1 amide bonds. The van der Waals surface area contributed by atoms with Crippen LogP contribution in [-0.4, -0.2) is 31.5 Å². The monoisotopic (exact) mass is 466 g/mol. The minimum Gasteiger partial charge on any atom is -0.271 e. The summed E-state index contributed by atoms with van der Waals surface area (Å²) < 4.78 is 27.4. The third-order valence-electron chi connectivity index (χ3n) is 4.78. The Labute approximate surface area is 191 Å². The maximum Gasteiger partial charge on any atom is 0.293 e. The molecule has 0 aliphatic carbocycles. The number of aryl methyl sites for hydroxylation is 1. The van der Waals surface area contributed by atoms with Crippen molar-refractivity contribution < 1.29 is 18.1 Å². The van der Waals surface area contributed by atoms with E-state index in [2.05, 4.69) is 10.5 Å². The summed E-state index contributed by atoms with van der Waals surface area (Å²) in [7, 11) is -4.28. The number of amides is 1. The molecule has 0 aliphatic rings. The van der Waals surface area contributed by atoms with Crippen molar-refractivity contribution in [2.24, 2.45) is 5.10 Å². The third kappa shape index (κ3) is 5.60. The highest BCUT2D eigenvalue weighted by molar-refractivity contribution is 7.92. The Hall–Kier alpha value is -4.05. The number of nitrogens with zero attached hydrogens (tertiary/aromatic N) is 3. The van der Waals surface area contributed by atoms with E-state index < -0.39 is 33.1 Å². The van der Waals surface area contributed by atoms with Gasteiger partial charge in [0.25, 0.3) is 21.6 Å². The van der Waals surface area contributed by atoms with Crippen LogP contribution in [0, 0.1) is 17.0 Å². The molecule has 0 atom stereocenters. The number of benzene rings is 3. The van der Waals surface area contributed by atoms with E-state index in [0.717, 1.165) is 11.1 Å². The van der Waals surface area contributed by atoms with Gasteiger partial charge in [0.2, 0.25) is 0 Å². The number of nitro groups is 1. The van der Waals surface area contributed by atoms with Gasteiger partial charge in [0.1, 0.15) is 12.2 Å². The van der Waals surface area contributed by atoms with Gasteiger partial charge < -0.3 is 0 Å². The summed E-state index contributed by atoms with van der Waals surface area (Å²) in [6.45, 7) is 2.95. The molecule has 3 aromatic carbocycles. The molecule has 3 rings (SSSR count). The molecule has 10 heteroatoms. The number of sulfonamides is 1. The lowest BCUT2D eigenvalue weighted by molar-refractivity contribution is -0.384. The van der Waals surface area contributed by atoms with Gasteiger partial charge in [-0.2, -0.15) is 5.10 Å². The molecule has 0 spiro atoms. The van der Waals surface area contributed by atoms with Crippen LogP contribution in [0.5, 0.6) is 0 Å². The molecule has 0 heterocycles. The van der Waals surface area contributed by atoms with Crippen molar-refractivity contribution in [3.63, 3.8) is 0 Å². The van der Waals surface area contributed by atoms with E-state index in [-0.39, 0.29) is 10.6 Å². The molecule has 170 valence electrons. The summed E-state index contributed by atoms with van der Waals surface area (Å²) in [6, 6.07) is 20.3. The number of hydrogen-bond donors (Lipinski definition) is 1. The molecule has 0 bridgehead atoms. The van der Waals surface area contributed by atoms with E-state index in [1.165, 1.54) is 48.5 Å². The lowest BCUT2D eigenvalue weighted by atomic mass is 10.1. The van der Waals surface area contributed by atoms with Crippen molar-refractivity contribution in [3.8, 4) is 0 Å².